The molecule has 9 heteroatoms. The number of fused-ring (bicyclic) bond motifs is 4. The minimum Gasteiger partial charge on any atom is -0.396 e. The van der Waals surface area contributed by atoms with E-state index in [4.69, 9.17) is 37.4 Å². The lowest BCUT2D eigenvalue weighted by atomic mass is 9.58. The van der Waals surface area contributed by atoms with E-state index in [2.05, 4.69) is 51.5 Å². The standard InChI is InChI=1S/C35H36Cl2N4O3/c36-28-16-38-17-29(37)30(28)31-27(32(44-40-31)25-3-4-25)21-43-35-11-8-34(9-12-35,10-13-35)7-5-22-1-2-24-6-14-39-33(26(24)15-22)41-18-23(19-41)20-42/h1-2,5-7,14-17,23,25,42H,3-4,8-13,18-21H2/b7-5+. The Labute approximate surface area is 267 Å². The number of allylic oxidation sites excluding steroid dienone is 1. The zero-order valence-electron chi connectivity index (χ0n) is 24.6. The summed E-state index contributed by atoms with van der Waals surface area (Å²) in [6, 6.07) is 8.75. The highest BCUT2D eigenvalue weighted by Gasteiger charge is 2.48. The second-order valence-corrected chi connectivity index (χ2v) is 14.2. The molecule has 1 saturated heterocycles. The molecule has 4 heterocycles. The Morgan fingerprint density at radius 1 is 1.02 bits per heavy atom. The van der Waals surface area contributed by atoms with Crippen LogP contribution < -0.4 is 4.90 Å². The van der Waals surface area contributed by atoms with Gasteiger partial charge in [0.1, 0.15) is 17.3 Å². The van der Waals surface area contributed by atoms with Crippen LogP contribution in [0.25, 0.3) is 28.1 Å². The van der Waals surface area contributed by atoms with Gasteiger partial charge in [0, 0.05) is 66.6 Å². The van der Waals surface area contributed by atoms with Crippen molar-refractivity contribution in [1.82, 2.24) is 15.1 Å². The number of hydrogen-bond acceptors (Lipinski definition) is 7. The molecule has 1 N–H and O–H groups in total. The first-order chi connectivity index (χ1) is 21.4. The summed E-state index contributed by atoms with van der Waals surface area (Å²) in [5.74, 6) is 2.68. The van der Waals surface area contributed by atoms with Crippen molar-refractivity contribution in [1.29, 1.82) is 0 Å². The van der Waals surface area contributed by atoms with Crippen molar-refractivity contribution in [3.05, 3.63) is 75.9 Å². The fraction of sp³-hybridized carbons (Fsp3) is 0.457. The Morgan fingerprint density at radius 3 is 2.48 bits per heavy atom. The van der Waals surface area contributed by atoms with Gasteiger partial charge < -0.3 is 19.3 Å². The van der Waals surface area contributed by atoms with E-state index in [1.165, 1.54) is 16.3 Å². The molecule has 0 atom stereocenters. The summed E-state index contributed by atoms with van der Waals surface area (Å²) in [4.78, 5) is 11.1. The van der Waals surface area contributed by atoms with Gasteiger partial charge in [-0.15, -0.1) is 0 Å². The Balaban J connectivity index is 0.970. The smallest absolute Gasteiger partial charge is 0.145 e. The van der Waals surface area contributed by atoms with E-state index in [-0.39, 0.29) is 17.6 Å². The van der Waals surface area contributed by atoms with Gasteiger partial charge >= 0.3 is 0 Å². The van der Waals surface area contributed by atoms with Gasteiger partial charge in [0.25, 0.3) is 0 Å². The first kappa shape index (κ1) is 28.5. The predicted molar refractivity (Wildman–Crippen MR) is 173 cm³/mol. The normalized spacial score (nSPS) is 25.3. The molecular formula is C35H36Cl2N4O3. The van der Waals surface area contributed by atoms with Gasteiger partial charge in [0.15, 0.2) is 0 Å². The number of hydrogen-bond donors (Lipinski definition) is 1. The minimum atomic E-state index is -0.121. The number of rotatable bonds is 9. The SMILES string of the molecule is OCC1CN(c2nccc3ccc(/C=C/C45CCC(OCc6c(-c7c(Cl)cncc7Cl)noc6C6CC6)(CC4)CC5)cc23)C1. The van der Waals surface area contributed by atoms with Gasteiger partial charge in [0.2, 0.25) is 0 Å². The molecule has 4 aromatic rings. The van der Waals surface area contributed by atoms with Gasteiger partial charge in [-0.05, 0) is 79.9 Å². The Morgan fingerprint density at radius 2 is 1.77 bits per heavy atom. The van der Waals surface area contributed by atoms with E-state index in [9.17, 15) is 5.11 Å². The Kier molecular flexibility index (Phi) is 7.21. The lowest BCUT2D eigenvalue weighted by Crippen LogP contribution is -2.48. The summed E-state index contributed by atoms with van der Waals surface area (Å²) in [6.07, 6.45) is 18.6. The maximum Gasteiger partial charge on any atom is 0.145 e. The van der Waals surface area contributed by atoms with Crippen LogP contribution in [0, 0.1) is 11.3 Å². The highest BCUT2D eigenvalue weighted by molar-refractivity contribution is 6.38. The number of halogens is 2. The van der Waals surface area contributed by atoms with Crippen molar-refractivity contribution < 1.29 is 14.4 Å². The lowest BCUT2D eigenvalue weighted by molar-refractivity contribution is -0.133. The monoisotopic (exact) mass is 630 g/mol. The molecule has 2 bridgehead atoms. The molecule has 0 unspecified atom stereocenters. The largest absolute Gasteiger partial charge is 0.396 e. The molecule has 228 valence electrons. The second kappa shape index (κ2) is 11.1. The van der Waals surface area contributed by atoms with E-state index in [1.807, 2.05) is 6.20 Å². The summed E-state index contributed by atoms with van der Waals surface area (Å²) >= 11 is 13.0. The van der Waals surface area contributed by atoms with Crippen LogP contribution in [-0.2, 0) is 11.3 Å². The molecule has 0 radical (unpaired) electrons. The summed E-state index contributed by atoms with van der Waals surface area (Å²) in [7, 11) is 0. The average Bonchev–Trinajstić information content (AvgIpc) is 3.79. The third kappa shape index (κ3) is 5.12. The van der Waals surface area contributed by atoms with Crippen LogP contribution in [0.4, 0.5) is 5.82 Å². The van der Waals surface area contributed by atoms with Gasteiger partial charge in [-0.2, -0.15) is 0 Å². The molecule has 5 fully saturated rings. The molecule has 0 spiro atoms. The molecule has 5 aliphatic rings. The van der Waals surface area contributed by atoms with Crippen molar-refractivity contribution in [2.75, 3.05) is 24.6 Å². The number of nitrogens with zero attached hydrogens (tertiary/aromatic N) is 4. The summed E-state index contributed by atoms with van der Waals surface area (Å²) in [5, 5.41) is 17.2. The van der Waals surface area contributed by atoms with Crippen molar-refractivity contribution in [3.8, 4) is 11.3 Å². The number of pyridine rings is 2. The highest BCUT2D eigenvalue weighted by Crippen LogP contribution is 2.55. The first-order valence-electron chi connectivity index (χ1n) is 15.8. The van der Waals surface area contributed by atoms with Crippen LogP contribution in [0.1, 0.15) is 74.2 Å². The van der Waals surface area contributed by atoms with Crippen LogP contribution in [0.15, 0.2) is 53.5 Å². The summed E-state index contributed by atoms with van der Waals surface area (Å²) in [6.45, 7) is 2.41. The average molecular weight is 632 g/mol. The predicted octanol–water partition coefficient (Wildman–Crippen LogP) is 8.22. The van der Waals surface area contributed by atoms with E-state index in [1.54, 1.807) is 12.4 Å². The summed E-state index contributed by atoms with van der Waals surface area (Å²) in [5.41, 5.74) is 3.63. The molecule has 4 aliphatic carbocycles. The fourth-order valence-corrected chi connectivity index (χ4v) is 8.03. The molecular weight excluding hydrogens is 595 g/mol. The van der Waals surface area contributed by atoms with Crippen LogP contribution in [-0.4, -0.2) is 45.5 Å². The van der Waals surface area contributed by atoms with Gasteiger partial charge in [-0.25, -0.2) is 4.98 Å². The molecule has 44 heavy (non-hydrogen) atoms. The molecule has 1 aliphatic heterocycles. The minimum absolute atomic E-state index is 0.121. The van der Waals surface area contributed by atoms with Crippen molar-refractivity contribution in [2.24, 2.45) is 11.3 Å². The topological polar surface area (TPSA) is 84.5 Å². The third-order valence-electron chi connectivity index (χ3n) is 10.5. The lowest BCUT2D eigenvalue weighted by Gasteiger charge is -2.52. The zero-order valence-corrected chi connectivity index (χ0v) is 26.2. The maximum atomic E-state index is 9.47. The number of anilines is 1. The van der Waals surface area contributed by atoms with Crippen LogP contribution in [0.3, 0.4) is 0 Å². The van der Waals surface area contributed by atoms with E-state index < -0.39 is 0 Å². The molecule has 4 saturated carbocycles. The molecule has 1 aromatic carbocycles. The highest BCUT2D eigenvalue weighted by atomic mass is 35.5. The summed E-state index contributed by atoms with van der Waals surface area (Å²) < 4.78 is 12.7. The molecule has 9 rings (SSSR count). The third-order valence-corrected chi connectivity index (χ3v) is 11.1. The number of aliphatic hydroxyl groups excluding tert-OH is 1. The van der Waals surface area contributed by atoms with Crippen LogP contribution in [0.2, 0.25) is 10.0 Å². The van der Waals surface area contributed by atoms with Gasteiger partial charge in [-0.3, -0.25) is 4.98 Å². The Hall–Kier alpha value is -2.97. The van der Waals surface area contributed by atoms with Crippen molar-refractivity contribution in [3.63, 3.8) is 0 Å². The fourth-order valence-electron chi connectivity index (χ4n) is 7.49. The van der Waals surface area contributed by atoms with E-state index in [0.29, 0.717) is 39.7 Å². The van der Waals surface area contributed by atoms with Gasteiger partial charge in [0.05, 0.1) is 22.3 Å². The number of benzene rings is 1. The Bertz CT molecular complexity index is 1700. The number of aliphatic hydroxyl groups is 1. The van der Waals surface area contributed by atoms with Crippen LogP contribution >= 0.6 is 23.2 Å². The van der Waals surface area contributed by atoms with Gasteiger partial charge in [-0.1, -0.05) is 52.6 Å². The maximum absolute atomic E-state index is 9.47. The molecule has 0 amide bonds. The first-order valence-corrected chi connectivity index (χ1v) is 16.6. The molecule has 3 aromatic heterocycles. The van der Waals surface area contributed by atoms with E-state index in [0.717, 1.165) is 81.6 Å². The number of ether oxygens (including phenoxy) is 1. The van der Waals surface area contributed by atoms with Crippen molar-refractivity contribution in [2.45, 2.75) is 69.5 Å². The van der Waals surface area contributed by atoms with Crippen LogP contribution in [0.5, 0.6) is 0 Å². The quantitative estimate of drug-likeness (QED) is 0.199. The van der Waals surface area contributed by atoms with E-state index >= 15 is 0 Å². The van der Waals surface area contributed by atoms with Crippen molar-refractivity contribution >= 4 is 45.9 Å². The molecule has 7 nitrogen and oxygen atoms in total. The second-order valence-electron chi connectivity index (χ2n) is 13.4. The number of aromatic nitrogens is 3. The zero-order chi connectivity index (χ0) is 29.9.